The van der Waals surface area contributed by atoms with E-state index in [0.717, 1.165) is 53.6 Å². The number of aryl methyl sites for hydroxylation is 4. The molecule has 0 aliphatic heterocycles. The highest BCUT2D eigenvalue weighted by atomic mass is 32.2. The molecular weight excluding hydrogens is 579 g/mol. The number of aromatic nitrogens is 2. The SMILES string of the molecule is CCc1cc(C(=O)NC2CCCCC2)ccc1Nc1ncc(C(F)(F)F)c(CCc2ccc(C)cc2N(C)S(C)(=O)=O)n1. The number of hydrogen-bond donors (Lipinski definition) is 2. The van der Waals surface area contributed by atoms with Crippen LogP contribution in [0.15, 0.2) is 42.6 Å². The number of anilines is 3. The van der Waals surface area contributed by atoms with Crippen molar-refractivity contribution in [1.82, 2.24) is 15.3 Å². The summed E-state index contributed by atoms with van der Waals surface area (Å²) in [6, 6.07) is 10.6. The van der Waals surface area contributed by atoms with Crippen LogP contribution in [0.2, 0.25) is 0 Å². The lowest BCUT2D eigenvalue weighted by Gasteiger charge is -2.23. The van der Waals surface area contributed by atoms with Gasteiger partial charge in [0.05, 0.1) is 23.2 Å². The highest BCUT2D eigenvalue weighted by molar-refractivity contribution is 7.92. The molecule has 4 rings (SSSR count). The van der Waals surface area contributed by atoms with E-state index >= 15 is 0 Å². The number of nitrogens with zero attached hydrogens (tertiary/aromatic N) is 3. The van der Waals surface area contributed by atoms with E-state index in [1.54, 1.807) is 36.4 Å². The van der Waals surface area contributed by atoms with E-state index in [1.165, 1.54) is 13.5 Å². The summed E-state index contributed by atoms with van der Waals surface area (Å²) in [5, 5.41) is 6.14. The van der Waals surface area contributed by atoms with E-state index in [9.17, 15) is 26.4 Å². The van der Waals surface area contributed by atoms with Gasteiger partial charge in [0.2, 0.25) is 16.0 Å². The van der Waals surface area contributed by atoms with Crippen molar-refractivity contribution < 1.29 is 26.4 Å². The van der Waals surface area contributed by atoms with Crippen LogP contribution < -0.4 is 14.9 Å². The third-order valence-electron chi connectivity index (χ3n) is 7.82. The van der Waals surface area contributed by atoms with Crippen LogP contribution in [0.3, 0.4) is 0 Å². The second-order valence-electron chi connectivity index (χ2n) is 11.1. The summed E-state index contributed by atoms with van der Waals surface area (Å²) in [6.07, 6.45) is 3.11. The first-order chi connectivity index (χ1) is 20.3. The normalized spacial score (nSPS) is 14.4. The first-order valence-corrected chi connectivity index (χ1v) is 16.3. The van der Waals surface area contributed by atoms with Crippen molar-refractivity contribution >= 4 is 33.3 Å². The summed E-state index contributed by atoms with van der Waals surface area (Å²) in [6.45, 7) is 3.74. The molecule has 232 valence electrons. The van der Waals surface area contributed by atoms with Gasteiger partial charge >= 0.3 is 6.18 Å². The lowest BCUT2D eigenvalue weighted by Crippen LogP contribution is -2.36. The summed E-state index contributed by atoms with van der Waals surface area (Å²) in [7, 11) is -2.17. The Morgan fingerprint density at radius 3 is 2.42 bits per heavy atom. The molecule has 1 saturated carbocycles. The molecule has 0 radical (unpaired) electrons. The third kappa shape index (κ3) is 8.25. The number of nitrogens with one attached hydrogen (secondary N) is 2. The van der Waals surface area contributed by atoms with Crippen molar-refractivity contribution in [3.05, 3.63) is 76.1 Å². The molecule has 0 atom stereocenters. The zero-order valence-corrected chi connectivity index (χ0v) is 25.7. The minimum absolute atomic E-state index is 0.00510. The molecule has 8 nitrogen and oxygen atoms in total. The van der Waals surface area contributed by atoms with Crippen LogP contribution in [-0.2, 0) is 35.5 Å². The summed E-state index contributed by atoms with van der Waals surface area (Å²) < 4.78 is 67.3. The van der Waals surface area contributed by atoms with Crippen LogP contribution in [0.4, 0.5) is 30.5 Å². The minimum Gasteiger partial charge on any atom is -0.349 e. The van der Waals surface area contributed by atoms with Gasteiger partial charge in [-0.05, 0) is 80.0 Å². The predicted molar refractivity (Wildman–Crippen MR) is 162 cm³/mol. The van der Waals surface area contributed by atoms with Crippen molar-refractivity contribution in [2.45, 2.75) is 77.4 Å². The van der Waals surface area contributed by atoms with Gasteiger partial charge in [0.1, 0.15) is 0 Å². The van der Waals surface area contributed by atoms with Crippen molar-refractivity contribution in [2.75, 3.05) is 22.9 Å². The molecule has 0 spiro atoms. The van der Waals surface area contributed by atoms with E-state index < -0.39 is 21.8 Å². The standard InChI is InChI=1S/C31H38F3N5O3S/c1-5-21-18-23(29(40)36-24-9-7-6-8-10-24)14-15-26(21)37-30-35-19-25(31(32,33)34)27(38-30)16-13-22-12-11-20(2)17-28(22)39(3)43(4,41)42/h11-12,14-15,17-19,24H,5-10,13,16H2,1-4H3,(H,36,40)(H,35,37,38). The number of amides is 1. The van der Waals surface area contributed by atoms with E-state index in [2.05, 4.69) is 20.6 Å². The Labute approximate surface area is 251 Å². The Hall–Kier alpha value is -3.67. The van der Waals surface area contributed by atoms with Crippen LogP contribution in [0.25, 0.3) is 0 Å². The van der Waals surface area contributed by atoms with Gasteiger partial charge in [0.25, 0.3) is 5.91 Å². The molecule has 2 N–H and O–H groups in total. The van der Waals surface area contributed by atoms with Gasteiger partial charge in [-0.25, -0.2) is 18.4 Å². The zero-order chi connectivity index (χ0) is 31.4. The van der Waals surface area contributed by atoms with Crippen molar-refractivity contribution in [1.29, 1.82) is 0 Å². The largest absolute Gasteiger partial charge is 0.419 e. The molecule has 1 aromatic heterocycles. The molecule has 2 aromatic carbocycles. The number of halogens is 3. The van der Waals surface area contributed by atoms with Gasteiger partial charge < -0.3 is 10.6 Å². The molecule has 1 amide bonds. The fraction of sp³-hybridized carbons (Fsp3) is 0.452. The second-order valence-corrected chi connectivity index (χ2v) is 13.1. The van der Waals surface area contributed by atoms with Crippen LogP contribution in [-0.4, -0.2) is 43.6 Å². The maximum atomic E-state index is 13.9. The van der Waals surface area contributed by atoms with Crippen LogP contribution in [0.5, 0.6) is 0 Å². The highest BCUT2D eigenvalue weighted by Crippen LogP contribution is 2.33. The topological polar surface area (TPSA) is 104 Å². The van der Waals surface area contributed by atoms with Crippen molar-refractivity contribution in [2.24, 2.45) is 0 Å². The fourth-order valence-electron chi connectivity index (χ4n) is 5.30. The smallest absolute Gasteiger partial charge is 0.349 e. The van der Waals surface area contributed by atoms with Crippen molar-refractivity contribution in [3.63, 3.8) is 0 Å². The average molecular weight is 618 g/mol. The maximum Gasteiger partial charge on any atom is 0.419 e. The van der Waals surface area contributed by atoms with Crippen LogP contribution in [0, 0.1) is 6.92 Å². The number of rotatable bonds is 10. The second kappa shape index (κ2) is 13.3. The predicted octanol–water partition coefficient (Wildman–Crippen LogP) is 6.35. The Balaban J connectivity index is 1.58. The average Bonchev–Trinajstić information content (AvgIpc) is 2.95. The summed E-state index contributed by atoms with van der Waals surface area (Å²) >= 11 is 0. The summed E-state index contributed by atoms with van der Waals surface area (Å²) in [4.78, 5) is 21.1. The molecule has 1 fully saturated rings. The van der Waals surface area contributed by atoms with Crippen LogP contribution >= 0.6 is 0 Å². The Bertz CT molecular complexity index is 1570. The Morgan fingerprint density at radius 2 is 1.77 bits per heavy atom. The first kappa shape index (κ1) is 32.2. The summed E-state index contributed by atoms with van der Waals surface area (Å²) in [5.74, 6) is -0.146. The zero-order valence-electron chi connectivity index (χ0n) is 24.9. The monoisotopic (exact) mass is 617 g/mol. The molecule has 12 heteroatoms. The molecule has 1 aliphatic carbocycles. The Kier molecular flexibility index (Phi) is 9.99. The molecule has 3 aromatic rings. The number of hydrogen-bond acceptors (Lipinski definition) is 6. The van der Waals surface area contributed by atoms with Gasteiger partial charge in [-0.2, -0.15) is 13.2 Å². The van der Waals surface area contributed by atoms with Gasteiger partial charge in [-0.15, -0.1) is 0 Å². The lowest BCUT2D eigenvalue weighted by atomic mass is 9.95. The number of sulfonamides is 1. The molecule has 1 heterocycles. The third-order valence-corrected chi connectivity index (χ3v) is 9.01. The van der Waals surface area contributed by atoms with Gasteiger partial charge in [0.15, 0.2) is 0 Å². The number of carbonyl (C=O) groups is 1. The van der Waals surface area contributed by atoms with E-state index in [0.29, 0.717) is 28.9 Å². The molecule has 0 unspecified atom stereocenters. The highest BCUT2D eigenvalue weighted by Gasteiger charge is 2.35. The van der Waals surface area contributed by atoms with E-state index in [1.807, 2.05) is 13.8 Å². The number of carbonyl (C=O) groups excluding carboxylic acids is 1. The fourth-order valence-corrected chi connectivity index (χ4v) is 5.83. The van der Waals surface area contributed by atoms with Gasteiger partial charge in [-0.1, -0.05) is 38.3 Å². The Morgan fingerprint density at radius 1 is 1.05 bits per heavy atom. The van der Waals surface area contributed by atoms with Gasteiger partial charge in [0, 0.05) is 30.5 Å². The maximum absolute atomic E-state index is 13.9. The number of alkyl halides is 3. The molecule has 43 heavy (non-hydrogen) atoms. The minimum atomic E-state index is -4.67. The first-order valence-electron chi connectivity index (χ1n) is 14.4. The molecule has 0 saturated heterocycles. The summed E-state index contributed by atoms with van der Waals surface area (Å²) in [5.41, 5.74) is 2.57. The quantitative estimate of drug-likeness (QED) is 0.275. The van der Waals surface area contributed by atoms with Gasteiger partial charge in [-0.3, -0.25) is 9.10 Å². The van der Waals surface area contributed by atoms with E-state index in [-0.39, 0.29) is 36.4 Å². The molecule has 1 aliphatic rings. The van der Waals surface area contributed by atoms with Crippen LogP contribution in [0.1, 0.15) is 77.3 Å². The number of benzene rings is 2. The van der Waals surface area contributed by atoms with E-state index in [4.69, 9.17) is 0 Å². The molecule has 0 bridgehead atoms. The van der Waals surface area contributed by atoms with Crippen molar-refractivity contribution in [3.8, 4) is 0 Å². The lowest BCUT2D eigenvalue weighted by molar-refractivity contribution is -0.138. The molecular formula is C31H38F3N5O3S.